The molecule has 16 bridgehead atoms. The molecule has 0 aromatic rings. The van der Waals surface area contributed by atoms with E-state index in [0.717, 1.165) is 0 Å². The molecule has 0 aromatic heterocycles. The van der Waals surface area contributed by atoms with E-state index in [1.165, 1.54) is 0 Å². The number of hydrogen-bond donors (Lipinski definition) is 0. The molecule has 136 heavy (non-hydrogen) atoms. The van der Waals surface area contributed by atoms with Gasteiger partial charge in [-0.1, -0.05) is 194 Å². The summed E-state index contributed by atoms with van der Waals surface area (Å²) in [7, 11) is 25.8. The molecule has 0 spiro atoms. The Balaban J connectivity index is 0.767. The number of allylic oxidation sites excluding steroid dienone is 32. The number of rotatable bonds is 32. The van der Waals surface area contributed by atoms with Gasteiger partial charge in [-0.15, -0.1) is 0 Å². The highest BCUT2D eigenvalue weighted by Crippen LogP contribution is 2.49. The van der Waals surface area contributed by atoms with Crippen molar-refractivity contribution in [3.8, 4) is 0 Å². The molecule has 30 fully saturated rings. The van der Waals surface area contributed by atoms with Crippen LogP contribution in [0.1, 0.15) is 51.4 Å². The molecule has 30 heterocycles. The van der Waals surface area contributed by atoms with Crippen LogP contribution in [0.2, 0.25) is 0 Å². The van der Waals surface area contributed by atoms with E-state index in [1.54, 1.807) is 114 Å². The number of hydrogen-bond acceptors (Lipinski definition) is 32. The summed E-state index contributed by atoms with van der Waals surface area (Å²) >= 11 is 0. The lowest BCUT2D eigenvalue weighted by molar-refractivity contribution is -0.407. The number of ether oxygens (including phenoxy) is 32. The van der Waals surface area contributed by atoms with Gasteiger partial charge in [-0.05, 0) is 98.7 Å². The lowest BCUT2D eigenvalue weighted by atomic mass is 9.88. The molecule has 38 aliphatic rings. The maximum absolute atomic E-state index is 7.58. The van der Waals surface area contributed by atoms with Gasteiger partial charge in [0.2, 0.25) is 0 Å². The molecule has 0 radical (unpaired) electrons. The van der Waals surface area contributed by atoms with Gasteiger partial charge in [0.25, 0.3) is 0 Å². The van der Waals surface area contributed by atoms with Crippen LogP contribution in [-0.2, 0) is 152 Å². The first-order chi connectivity index (χ1) is 66.6. The molecule has 40 unspecified atom stereocenters. The minimum atomic E-state index is -1.16. The Labute approximate surface area is 800 Å². The fourth-order valence-electron chi connectivity index (χ4n) is 23.3. The molecule has 0 saturated carbocycles. The summed E-state index contributed by atoms with van der Waals surface area (Å²) < 4.78 is 227. The van der Waals surface area contributed by atoms with Gasteiger partial charge in [0, 0.05) is 114 Å². The standard InChI is InChI=1S/C104H144O32/c1-105-81-73-65(49-57-33-17-18-34-57)121-97(89(81)113-9)130-74-66(50-58-35-19-20-36-58)123-99(91(115-11)82(74)106-2)132-76-68(52-60-39-23-24-40-60)125-101(93(117-13)84(76)108-4)134-78-70(54-62-43-27-28-44-62)127-103(95(119-15)86(78)110-6)136-80-72(56-64-47-31-32-48-64)128-104(96(120-16)88(80)112-8)135-79-71(55-63-45-29-30-46-63)126-102(94(118-14)87(79)111-7)133-77-69(53-61-41-25-26-42-61)124-100(92(116-12)85(77)109-5)131-75-67(51-59-37-21-22-38-59)122-98(129-73)90(114-10)83(75)107-3/h17-48,57-104H,49-56H2,1-16H3. The van der Waals surface area contributed by atoms with E-state index >= 15 is 0 Å². The molecule has 30 saturated heterocycles. The van der Waals surface area contributed by atoms with Crippen LogP contribution in [0.25, 0.3) is 0 Å². The van der Waals surface area contributed by atoms with E-state index in [0.29, 0.717) is 51.4 Å². The van der Waals surface area contributed by atoms with Gasteiger partial charge in [-0.25, -0.2) is 0 Å². The van der Waals surface area contributed by atoms with E-state index in [-0.39, 0.29) is 47.3 Å². The van der Waals surface area contributed by atoms with Crippen molar-refractivity contribution >= 4 is 0 Å². The summed E-state index contributed by atoms with van der Waals surface area (Å²) in [5.74, 6) is -0.797. The maximum atomic E-state index is 7.58. The lowest BCUT2D eigenvalue weighted by Gasteiger charge is -2.54. The summed E-state index contributed by atoms with van der Waals surface area (Å²) in [4.78, 5) is 0. The van der Waals surface area contributed by atoms with Crippen molar-refractivity contribution in [2.24, 2.45) is 47.3 Å². The first-order valence-corrected chi connectivity index (χ1v) is 48.4. The average molecular weight is 1910 g/mol. The zero-order valence-electron chi connectivity index (χ0n) is 80.9. The normalized spacial score (nSPS) is 44.0. The number of methoxy groups -OCH3 is 16. The third kappa shape index (κ3) is 22.3. The van der Waals surface area contributed by atoms with Crippen LogP contribution in [0, 0.1) is 47.3 Å². The Morgan fingerprint density at radius 2 is 0.213 bits per heavy atom. The molecule has 0 aromatic carbocycles. The first-order valence-electron chi connectivity index (χ1n) is 48.4. The zero-order valence-corrected chi connectivity index (χ0v) is 80.9. The smallest absolute Gasteiger partial charge is 0.187 e. The quantitative estimate of drug-likeness (QED) is 0.0604. The van der Waals surface area contributed by atoms with Crippen molar-refractivity contribution in [1.29, 1.82) is 0 Å². The summed E-state index contributed by atoms with van der Waals surface area (Å²) in [5.41, 5.74) is 0. The molecule has 0 N–H and O–H groups in total. The molecule has 30 aliphatic heterocycles. The monoisotopic (exact) mass is 1900 g/mol. The van der Waals surface area contributed by atoms with Gasteiger partial charge in [-0.2, -0.15) is 0 Å². The Bertz CT molecular complexity index is 3400. The van der Waals surface area contributed by atoms with E-state index < -0.39 is 246 Å². The van der Waals surface area contributed by atoms with Crippen LogP contribution in [0.15, 0.2) is 194 Å². The molecule has 40 atom stereocenters. The van der Waals surface area contributed by atoms with Crippen LogP contribution < -0.4 is 0 Å². The predicted octanol–water partition coefficient (Wildman–Crippen LogP) is 10.2. The van der Waals surface area contributed by atoms with Crippen LogP contribution in [0.3, 0.4) is 0 Å². The van der Waals surface area contributed by atoms with Crippen LogP contribution in [0.5, 0.6) is 0 Å². The van der Waals surface area contributed by atoms with E-state index in [2.05, 4.69) is 97.2 Å². The second-order valence-corrected chi connectivity index (χ2v) is 37.7. The third-order valence-corrected chi connectivity index (χ3v) is 30.1. The van der Waals surface area contributed by atoms with Gasteiger partial charge in [0.05, 0.1) is 48.8 Å². The summed E-state index contributed by atoms with van der Waals surface area (Å²) in [6.45, 7) is 0. The van der Waals surface area contributed by atoms with Crippen LogP contribution in [0.4, 0.5) is 0 Å². The summed E-state index contributed by atoms with van der Waals surface area (Å²) in [5, 5.41) is 0. The molecule has 752 valence electrons. The second kappa shape index (κ2) is 48.3. The highest BCUT2D eigenvalue weighted by molar-refractivity contribution is 5.25. The average Bonchev–Trinajstić information content (AvgIpc) is 0.925. The molecular weight excluding hydrogens is 1760 g/mol. The predicted molar refractivity (Wildman–Crippen MR) is 492 cm³/mol. The van der Waals surface area contributed by atoms with E-state index in [9.17, 15) is 0 Å². The first kappa shape index (κ1) is 102. The molecule has 8 aliphatic carbocycles. The molecular formula is C104H144O32. The molecule has 0 amide bonds. The summed E-state index contributed by atoms with van der Waals surface area (Å²) in [6.07, 6.45) is 31.5. The van der Waals surface area contributed by atoms with Crippen molar-refractivity contribution < 1.29 is 152 Å². The Hall–Kier alpha value is -5.44. The fraction of sp³-hybridized carbons (Fsp3) is 0.692. The molecule has 32 nitrogen and oxygen atoms in total. The van der Waals surface area contributed by atoms with Crippen LogP contribution >= 0.6 is 0 Å². The van der Waals surface area contributed by atoms with Crippen molar-refractivity contribution in [3.05, 3.63) is 194 Å². The maximum Gasteiger partial charge on any atom is 0.187 e. The van der Waals surface area contributed by atoms with Gasteiger partial charge in [0.1, 0.15) is 146 Å². The second-order valence-electron chi connectivity index (χ2n) is 37.7. The van der Waals surface area contributed by atoms with Crippen molar-refractivity contribution in [2.75, 3.05) is 114 Å². The van der Waals surface area contributed by atoms with Crippen molar-refractivity contribution in [1.82, 2.24) is 0 Å². The van der Waals surface area contributed by atoms with Gasteiger partial charge >= 0.3 is 0 Å². The van der Waals surface area contributed by atoms with Gasteiger partial charge in [0.15, 0.2) is 50.3 Å². The highest BCUT2D eigenvalue weighted by atomic mass is 16.8. The highest BCUT2D eigenvalue weighted by Gasteiger charge is 2.64. The largest absolute Gasteiger partial charge is 0.376 e. The van der Waals surface area contributed by atoms with Crippen molar-refractivity contribution in [2.45, 2.75) is 297 Å². The van der Waals surface area contributed by atoms with Gasteiger partial charge in [-0.3, -0.25) is 0 Å². The van der Waals surface area contributed by atoms with E-state index in [1.807, 2.05) is 97.2 Å². The zero-order chi connectivity index (χ0) is 94.6. The minimum Gasteiger partial charge on any atom is -0.376 e. The van der Waals surface area contributed by atoms with Crippen molar-refractivity contribution in [3.63, 3.8) is 0 Å². The van der Waals surface area contributed by atoms with E-state index in [4.69, 9.17) is 152 Å². The fourth-order valence-corrected chi connectivity index (χ4v) is 23.3. The Morgan fingerprint density at radius 3 is 0.294 bits per heavy atom. The topological polar surface area (TPSA) is 295 Å². The molecule has 38 rings (SSSR count). The minimum absolute atomic E-state index is 0.0996. The van der Waals surface area contributed by atoms with Crippen LogP contribution in [-0.4, -0.2) is 359 Å². The van der Waals surface area contributed by atoms with Gasteiger partial charge < -0.3 is 152 Å². The Morgan fingerprint density at radius 1 is 0.125 bits per heavy atom. The Kier molecular flexibility index (Phi) is 36.2. The lowest BCUT2D eigenvalue weighted by Crippen LogP contribution is -2.69. The SMILES string of the molecule is COC1C2OC(CC3C=CC=C3)C(OC3OC(CC4C=CC=C4)C(OC4OC(CC5C=CC=C5)C(OC5OC(CC6C=CC=C6)C(OC6OC(CC7C=CC=C7)C(OC7OC(CC8C=CC=C8)C(OC8OC(CC9C=CC=C9)C(OC9OC(CC%10C=CC=C%10)C(O2)C(OC)C9OC)C(OC)C8OC)C(OC)C7OC)C(OC)C6OC)C(OC)C5OC)C(OC)C4OC)C(OC)C3OC)C1OC. The summed E-state index contributed by atoms with van der Waals surface area (Å²) in [6, 6.07) is 0. The molecule has 32 heteroatoms. The third-order valence-electron chi connectivity index (χ3n) is 30.1.